The van der Waals surface area contributed by atoms with Crippen molar-refractivity contribution in [1.29, 1.82) is 15.9 Å². The third-order valence-electron chi connectivity index (χ3n) is 11.1. The maximum absolute atomic E-state index is 14.7. The van der Waals surface area contributed by atoms with Crippen LogP contribution in [0, 0.1) is 53.6 Å². The summed E-state index contributed by atoms with van der Waals surface area (Å²) in [5, 5.41) is 43.1. The fraction of sp³-hybridized carbons (Fsp3) is 0.261. The van der Waals surface area contributed by atoms with Crippen molar-refractivity contribution >= 4 is 28.5 Å². The molecule has 9 rings (SSSR count). The Bertz CT molecular complexity index is 2860. The minimum absolute atomic E-state index is 0.0730. The van der Waals surface area contributed by atoms with Crippen molar-refractivity contribution in [3.05, 3.63) is 141 Å². The zero-order chi connectivity index (χ0) is 42.1. The van der Waals surface area contributed by atoms with Crippen LogP contribution in [-0.4, -0.2) is 35.6 Å². The van der Waals surface area contributed by atoms with Gasteiger partial charge in [0, 0.05) is 49.6 Å². The summed E-state index contributed by atoms with van der Waals surface area (Å²) in [7, 11) is 3.70. The lowest BCUT2D eigenvalue weighted by Gasteiger charge is -2.28. The second-order valence-corrected chi connectivity index (χ2v) is 15.2. The van der Waals surface area contributed by atoms with E-state index in [-0.39, 0.29) is 23.3 Å². The number of anilines is 2. The zero-order valence-corrected chi connectivity index (χ0v) is 33.6. The topological polar surface area (TPSA) is 155 Å². The van der Waals surface area contributed by atoms with Gasteiger partial charge in [-0.2, -0.15) is 25.8 Å². The molecule has 12 nitrogen and oxygen atoms in total. The average Bonchev–Trinajstić information content (AvgIpc) is 3.99. The van der Waals surface area contributed by atoms with Crippen LogP contribution >= 0.6 is 0 Å². The van der Waals surface area contributed by atoms with E-state index in [0.29, 0.717) is 29.7 Å². The first-order valence-corrected chi connectivity index (χ1v) is 19.7. The van der Waals surface area contributed by atoms with Crippen LogP contribution < -0.4 is 14.8 Å². The van der Waals surface area contributed by atoms with Crippen LogP contribution in [0.3, 0.4) is 0 Å². The Balaban J connectivity index is 0.000000166. The highest BCUT2D eigenvalue weighted by Crippen LogP contribution is 2.40. The summed E-state index contributed by atoms with van der Waals surface area (Å²) in [5.41, 5.74) is 8.94. The van der Waals surface area contributed by atoms with E-state index in [1.54, 1.807) is 33.9 Å². The van der Waals surface area contributed by atoms with Gasteiger partial charge in [-0.3, -0.25) is 9.36 Å². The molecule has 60 heavy (non-hydrogen) atoms. The van der Waals surface area contributed by atoms with Crippen LogP contribution in [-0.2, 0) is 26.9 Å². The monoisotopic (exact) mass is 804 g/mol. The van der Waals surface area contributed by atoms with E-state index < -0.39 is 11.6 Å². The fourth-order valence-electron chi connectivity index (χ4n) is 8.07. The normalized spacial score (nSPS) is 15.5. The van der Waals surface area contributed by atoms with E-state index >= 15 is 0 Å². The number of hydrogen-bond acceptors (Lipinski definition) is 9. The first kappa shape index (κ1) is 39.5. The average molecular weight is 805 g/mol. The molecule has 0 saturated carbocycles. The maximum atomic E-state index is 14.7. The Labute approximate surface area is 345 Å². The number of halogens is 2. The molecule has 0 amide bonds. The van der Waals surface area contributed by atoms with Crippen LogP contribution in [0.1, 0.15) is 88.0 Å². The standard InChI is InChI=1S/C23H20FN5O.C23H22FN5O/c1-14-8-16-11-27-29(17-12-26-28(2)13-17)20(16)9-22(14)30-21-5-3-4-19-18(21)7-6-15(10-25)23(19)24;1-14-8-16(11-26)20(28-17-12-27-29(2)13-17)9-22(14)30-21-5-3-4-19-18(21)7-6-15(10-25)23(19)24/h6-9,11-13,21H,3-5H2,1-2H3;6-9,11-13,21,26,28H,3-5H2,1-2H3/t2*21-/m10/s1. The Morgan fingerprint density at radius 1 is 0.767 bits per heavy atom. The lowest BCUT2D eigenvalue weighted by atomic mass is 9.87. The third kappa shape index (κ3) is 7.67. The number of nitriles is 2. The Morgan fingerprint density at radius 2 is 1.35 bits per heavy atom. The number of nitrogens with one attached hydrogen (secondary N) is 2. The summed E-state index contributed by atoms with van der Waals surface area (Å²) in [5.74, 6) is 0.577. The van der Waals surface area contributed by atoms with Gasteiger partial charge in [0.1, 0.15) is 53.2 Å². The van der Waals surface area contributed by atoms with E-state index in [0.717, 1.165) is 87.2 Å². The number of aryl methyl sites for hydroxylation is 4. The molecule has 0 saturated heterocycles. The number of rotatable bonds is 8. The largest absolute Gasteiger partial charge is 0.485 e. The Kier molecular flexibility index (Phi) is 10.9. The van der Waals surface area contributed by atoms with E-state index in [9.17, 15) is 8.78 Å². The summed E-state index contributed by atoms with van der Waals surface area (Å²) in [6.07, 6.45) is 14.2. The third-order valence-corrected chi connectivity index (χ3v) is 11.1. The summed E-state index contributed by atoms with van der Waals surface area (Å²) in [6.45, 7) is 3.93. The molecule has 2 aliphatic carbocycles. The SMILES string of the molecule is Cc1cc(C=N)c(Nc2cnn(C)c2)cc1O[C@H]1CCCc2c1ccc(C#N)c2F.Cc1cc2cnn(-c3cnn(C)c3)c2cc1O[C@@H]1CCCc2c1ccc(C#N)c2F. The van der Waals surface area contributed by atoms with E-state index in [2.05, 4.69) is 20.6 Å². The van der Waals surface area contributed by atoms with Crippen LogP contribution in [0.5, 0.6) is 11.5 Å². The molecular weight excluding hydrogens is 763 g/mol. The first-order chi connectivity index (χ1) is 29.0. The molecule has 0 fully saturated rings. The van der Waals surface area contributed by atoms with Gasteiger partial charge in [0.25, 0.3) is 0 Å². The van der Waals surface area contributed by atoms with Gasteiger partial charge in [0.2, 0.25) is 0 Å². The minimum Gasteiger partial charge on any atom is -0.485 e. The van der Waals surface area contributed by atoms with Gasteiger partial charge in [0.15, 0.2) is 0 Å². The van der Waals surface area contributed by atoms with Gasteiger partial charge < -0.3 is 20.2 Å². The van der Waals surface area contributed by atoms with Gasteiger partial charge in [-0.15, -0.1) is 0 Å². The van der Waals surface area contributed by atoms with Crippen molar-refractivity contribution in [2.24, 2.45) is 14.1 Å². The summed E-state index contributed by atoms with van der Waals surface area (Å²) >= 11 is 0. The lowest BCUT2D eigenvalue weighted by Crippen LogP contribution is -2.17. The smallest absolute Gasteiger partial charge is 0.144 e. The molecule has 3 heterocycles. The molecule has 14 heteroatoms. The number of fused-ring (bicyclic) bond motifs is 3. The number of ether oxygens (including phenoxy) is 2. The molecule has 3 aromatic heterocycles. The highest BCUT2D eigenvalue weighted by atomic mass is 19.1. The van der Waals surface area contributed by atoms with Crippen molar-refractivity contribution in [1.82, 2.24) is 29.3 Å². The van der Waals surface area contributed by atoms with E-state index in [4.69, 9.17) is 25.4 Å². The Morgan fingerprint density at radius 3 is 1.90 bits per heavy atom. The molecule has 2 N–H and O–H groups in total. The molecule has 0 unspecified atom stereocenters. The van der Waals surface area contributed by atoms with Gasteiger partial charge in [-0.25, -0.2) is 13.5 Å². The predicted octanol–water partition coefficient (Wildman–Crippen LogP) is 9.47. The number of benzene rings is 4. The highest BCUT2D eigenvalue weighted by Gasteiger charge is 2.28. The molecule has 0 aliphatic heterocycles. The molecule has 2 atom stereocenters. The van der Waals surface area contributed by atoms with Crippen molar-refractivity contribution in [3.63, 3.8) is 0 Å². The van der Waals surface area contributed by atoms with Gasteiger partial charge in [-0.1, -0.05) is 12.1 Å². The summed E-state index contributed by atoms with van der Waals surface area (Å²) < 4.78 is 47.3. The molecule has 4 aromatic carbocycles. The van der Waals surface area contributed by atoms with Crippen LogP contribution in [0.2, 0.25) is 0 Å². The second kappa shape index (κ2) is 16.5. The quantitative estimate of drug-likeness (QED) is 0.144. The molecule has 0 spiro atoms. The number of aromatic nitrogens is 6. The summed E-state index contributed by atoms with van der Waals surface area (Å²) in [4.78, 5) is 0. The lowest BCUT2D eigenvalue weighted by molar-refractivity contribution is 0.181. The zero-order valence-electron chi connectivity index (χ0n) is 33.6. The van der Waals surface area contributed by atoms with Gasteiger partial charge in [-0.05, 0) is 110 Å². The second-order valence-electron chi connectivity index (χ2n) is 15.2. The number of nitrogens with zero attached hydrogens (tertiary/aromatic N) is 8. The Hall–Kier alpha value is -7.32. The first-order valence-electron chi connectivity index (χ1n) is 19.7. The van der Waals surface area contributed by atoms with Crippen molar-refractivity contribution in [2.75, 3.05) is 5.32 Å². The van der Waals surface area contributed by atoms with Crippen LogP contribution in [0.25, 0.3) is 16.6 Å². The van der Waals surface area contributed by atoms with Crippen molar-refractivity contribution in [3.8, 4) is 29.3 Å². The fourth-order valence-corrected chi connectivity index (χ4v) is 8.07. The van der Waals surface area contributed by atoms with Crippen molar-refractivity contribution in [2.45, 2.75) is 64.6 Å². The van der Waals surface area contributed by atoms with E-state index in [1.807, 2.05) is 93.7 Å². The molecule has 302 valence electrons. The predicted molar refractivity (Wildman–Crippen MR) is 223 cm³/mol. The molecule has 2 aliphatic rings. The number of hydrogen-bond donors (Lipinski definition) is 2. The molecular formula is C46H42F2N10O2. The van der Waals surface area contributed by atoms with E-state index in [1.165, 1.54) is 12.3 Å². The minimum atomic E-state index is -0.432. The highest BCUT2D eigenvalue weighted by molar-refractivity contribution is 5.88. The van der Waals surface area contributed by atoms with Crippen LogP contribution in [0.15, 0.2) is 79.5 Å². The van der Waals surface area contributed by atoms with Crippen LogP contribution in [0.4, 0.5) is 20.2 Å². The molecule has 0 bridgehead atoms. The van der Waals surface area contributed by atoms with Crippen molar-refractivity contribution < 1.29 is 18.3 Å². The molecule has 7 aromatic rings. The maximum Gasteiger partial charge on any atom is 0.144 e. The molecule has 0 radical (unpaired) electrons. The van der Waals surface area contributed by atoms with Gasteiger partial charge >= 0.3 is 0 Å². The summed E-state index contributed by atoms with van der Waals surface area (Å²) in [6, 6.07) is 18.3. The van der Waals surface area contributed by atoms with Gasteiger partial charge in [0.05, 0.1) is 52.8 Å².